The summed E-state index contributed by atoms with van der Waals surface area (Å²) in [6.45, 7) is 12.3. The summed E-state index contributed by atoms with van der Waals surface area (Å²) in [7, 11) is 0. The van der Waals surface area contributed by atoms with Gasteiger partial charge in [0.05, 0.1) is 0 Å². The maximum Gasteiger partial charge on any atom is 0.408 e. The van der Waals surface area contributed by atoms with E-state index < -0.39 is 23.8 Å². The van der Waals surface area contributed by atoms with Gasteiger partial charge in [-0.2, -0.15) is 0 Å². The van der Waals surface area contributed by atoms with Crippen molar-refractivity contribution < 1.29 is 19.1 Å². The minimum Gasteiger partial charge on any atom is -0.444 e. The molecule has 0 saturated heterocycles. The minimum absolute atomic E-state index is 0.218. The van der Waals surface area contributed by atoms with E-state index in [-0.39, 0.29) is 18.2 Å². The summed E-state index contributed by atoms with van der Waals surface area (Å²) in [6, 6.07) is 15.5. The van der Waals surface area contributed by atoms with Crippen molar-refractivity contribution in [2.24, 2.45) is 0 Å². The summed E-state index contributed by atoms with van der Waals surface area (Å²) >= 11 is 0. The quantitative estimate of drug-likeness (QED) is 0.329. The van der Waals surface area contributed by atoms with E-state index >= 15 is 0 Å². The predicted molar refractivity (Wildman–Crippen MR) is 152 cm³/mol. The third-order valence-electron chi connectivity index (χ3n) is 6.05. The van der Waals surface area contributed by atoms with Crippen LogP contribution in [0.2, 0.25) is 0 Å². The number of hydrogen-bond donors (Lipinski definition) is 2. The Morgan fingerprint density at radius 2 is 1.63 bits per heavy atom. The Morgan fingerprint density at radius 3 is 2.24 bits per heavy atom. The van der Waals surface area contributed by atoms with Crippen LogP contribution in [0.25, 0.3) is 0 Å². The number of nitrogens with zero attached hydrogens (tertiary/aromatic N) is 1. The SMILES string of the molecule is CCCCNC(=O)C(c1cccc(C)c1)N(CCCC)C(=O)C(Cc1ccccc1)NC(=O)OC(C)(C)C. The number of carbonyl (C=O) groups excluding carboxylic acids is 3. The standard InChI is InChI=1S/C31H45N3O4/c1-7-9-19-32-28(35)27(25-18-14-15-23(3)21-25)34(20-10-8-2)29(36)26(22-24-16-12-11-13-17-24)33-30(37)38-31(4,5)6/h11-18,21,26-27H,7-10,19-20,22H2,1-6H3,(H,32,35)(H,33,37). The van der Waals surface area contributed by atoms with Gasteiger partial charge in [0.2, 0.25) is 11.8 Å². The Bertz CT molecular complexity index is 1030. The van der Waals surface area contributed by atoms with Crippen molar-refractivity contribution in [1.29, 1.82) is 0 Å². The van der Waals surface area contributed by atoms with Crippen molar-refractivity contribution in [1.82, 2.24) is 15.5 Å². The fourth-order valence-electron chi connectivity index (χ4n) is 4.19. The first-order chi connectivity index (χ1) is 18.1. The maximum atomic E-state index is 14.3. The lowest BCUT2D eigenvalue weighted by Crippen LogP contribution is -2.54. The Kier molecular flexibility index (Phi) is 12.3. The molecule has 2 N–H and O–H groups in total. The molecule has 0 aliphatic carbocycles. The molecule has 38 heavy (non-hydrogen) atoms. The number of nitrogens with one attached hydrogen (secondary N) is 2. The zero-order valence-corrected chi connectivity index (χ0v) is 23.9. The second-order valence-corrected chi connectivity index (χ2v) is 10.7. The van der Waals surface area contributed by atoms with Crippen LogP contribution in [0.3, 0.4) is 0 Å². The van der Waals surface area contributed by atoms with Gasteiger partial charge in [0.15, 0.2) is 0 Å². The lowest BCUT2D eigenvalue weighted by molar-refractivity contribution is -0.142. The molecule has 2 atom stereocenters. The Labute approximate surface area is 228 Å². The number of unbranched alkanes of at least 4 members (excludes halogenated alkanes) is 2. The second-order valence-electron chi connectivity index (χ2n) is 10.7. The van der Waals surface area contributed by atoms with Gasteiger partial charge in [0.1, 0.15) is 17.7 Å². The van der Waals surface area contributed by atoms with Gasteiger partial charge in [-0.25, -0.2) is 4.79 Å². The molecule has 0 aromatic heterocycles. The van der Waals surface area contributed by atoms with Crippen molar-refractivity contribution in [3.8, 4) is 0 Å². The Morgan fingerprint density at radius 1 is 0.947 bits per heavy atom. The lowest BCUT2D eigenvalue weighted by atomic mass is 9.98. The highest BCUT2D eigenvalue weighted by Gasteiger charge is 2.36. The summed E-state index contributed by atoms with van der Waals surface area (Å²) in [6.07, 6.45) is 2.99. The Hall–Kier alpha value is -3.35. The molecule has 0 radical (unpaired) electrons. The predicted octanol–water partition coefficient (Wildman–Crippen LogP) is 5.72. The summed E-state index contributed by atoms with van der Waals surface area (Å²) < 4.78 is 5.49. The van der Waals surface area contributed by atoms with E-state index in [2.05, 4.69) is 17.6 Å². The number of amides is 3. The maximum absolute atomic E-state index is 14.3. The molecule has 2 unspecified atom stereocenters. The molecule has 0 aliphatic rings. The van der Waals surface area contributed by atoms with Gasteiger partial charge in [-0.3, -0.25) is 9.59 Å². The molecular weight excluding hydrogens is 478 g/mol. The van der Waals surface area contributed by atoms with E-state index in [0.717, 1.165) is 42.4 Å². The van der Waals surface area contributed by atoms with Gasteiger partial charge in [0, 0.05) is 19.5 Å². The molecule has 2 aromatic rings. The molecule has 208 valence electrons. The molecular formula is C31H45N3O4. The van der Waals surface area contributed by atoms with Crippen LogP contribution in [0.5, 0.6) is 0 Å². The third-order valence-corrected chi connectivity index (χ3v) is 6.05. The molecule has 0 saturated carbocycles. The van der Waals surface area contributed by atoms with Crippen LogP contribution < -0.4 is 10.6 Å². The molecule has 0 fully saturated rings. The molecule has 0 heterocycles. The van der Waals surface area contributed by atoms with Crippen LogP contribution in [-0.4, -0.2) is 47.5 Å². The van der Waals surface area contributed by atoms with Crippen LogP contribution in [0.4, 0.5) is 4.79 Å². The summed E-state index contributed by atoms with van der Waals surface area (Å²) in [5.74, 6) is -0.533. The fraction of sp³-hybridized carbons (Fsp3) is 0.516. The van der Waals surface area contributed by atoms with Gasteiger partial charge in [-0.05, 0) is 51.7 Å². The van der Waals surface area contributed by atoms with Crippen molar-refractivity contribution in [3.63, 3.8) is 0 Å². The van der Waals surface area contributed by atoms with Crippen LogP contribution in [0.15, 0.2) is 54.6 Å². The number of aryl methyl sites for hydroxylation is 1. The van der Waals surface area contributed by atoms with Gasteiger partial charge in [-0.15, -0.1) is 0 Å². The smallest absolute Gasteiger partial charge is 0.408 e. The number of alkyl carbamates (subject to hydrolysis) is 1. The molecule has 0 bridgehead atoms. The molecule has 3 amide bonds. The molecule has 7 heteroatoms. The van der Waals surface area contributed by atoms with Crippen molar-refractivity contribution in [2.45, 2.75) is 91.3 Å². The topological polar surface area (TPSA) is 87.7 Å². The van der Waals surface area contributed by atoms with Crippen LogP contribution in [0, 0.1) is 6.92 Å². The van der Waals surface area contributed by atoms with Crippen LogP contribution >= 0.6 is 0 Å². The van der Waals surface area contributed by atoms with Crippen LogP contribution in [0.1, 0.15) is 83.0 Å². The molecule has 2 rings (SSSR count). The zero-order chi connectivity index (χ0) is 28.1. The molecule has 7 nitrogen and oxygen atoms in total. The van der Waals surface area contributed by atoms with E-state index in [9.17, 15) is 14.4 Å². The summed E-state index contributed by atoms with van der Waals surface area (Å²) in [4.78, 5) is 42.3. The van der Waals surface area contributed by atoms with Crippen molar-refractivity contribution in [2.75, 3.05) is 13.1 Å². The first kappa shape index (κ1) is 30.9. The van der Waals surface area contributed by atoms with Gasteiger partial charge >= 0.3 is 6.09 Å². The van der Waals surface area contributed by atoms with Crippen molar-refractivity contribution >= 4 is 17.9 Å². The summed E-state index contributed by atoms with van der Waals surface area (Å²) in [5.41, 5.74) is 1.94. The van der Waals surface area contributed by atoms with Crippen LogP contribution in [-0.2, 0) is 20.7 Å². The normalized spacial score (nSPS) is 12.8. The molecule has 0 spiro atoms. The highest BCUT2D eigenvalue weighted by Crippen LogP contribution is 2.25. The number of benzene rings is 2. The average molecular weight is 524 g/mol. The number of carbonyl (C=O) groups is 3. The first-order valence-electron chi connectivity index (χ1n) is 13.7. The molecule has 2 aromatic carbocycles. The molecule has 0 aliphatic heterocycles. The van der Waals surface area contributed by atoms with E-state index in [0.29, 0.717) is 13.1 Å². The lowest BCUT2D eigenvalue weighted by Gasteiger charge is -2.34. The first-order valence-corrected chi connectivity index (χ1v) is 13.7. The average Bonchev–Trinajstić information content (AvgIpc) is 2.85. The zero-order valence-electron chi connectivity index (χ0n) is 23.9. The highest BCUT2D eigenvalue weighted by atomic mass is 16.6. The monoisotopic (exact) mass is 523 g/mol. The van der Waals surface area contributed by atoms with Crippen molar-refractivity contribution in [3.05, 3.63) is 71.3 Å². The largest absolute Gasteiger partial charge is 0.444 e. The minimum atomic E-state index is -0.903. The van der Waals surface area contributed by atoms with Gasteiger partial charge < -0.3 is 20.3 Å². The highest BCUT2D eigenvalue weighted by molar-refractivity contribution is 5.92. The number of ether oxygens (including phenoxy) is 1. The van der Waals surface area contributed by atoms with E-state index in [4.69, 9.17) is 4.74 Å². The second kappa shape index (κ2) is 15.2. The van der Waals surface area contributed by atoms with E-state index in [1.807, 2.05) is 68.4 Å². The van der Waals surface area contributed by atoms with E-state index in [1.54, 1.807) is 25.7 Å². The summed E-state index contributed by atoms with van der Waals surface area (Å²) in [5, 5.41) is 5.83. The van der Waals surface area contributed by atoms with Gasteiger partial charge in [-0.1, -0.05) is 86.8 Å². The number of rotatable bonds is 13. The number of hydrogen-bond acceptors (Lipinski definition) is 4. The van der Waals surface area contributed by atoms with Gasteiger partial charge in [0.25, 0.3) is 0 Å². The third kappa shape index (κ3) is 10.2. The van der Waals surface area contributed by atoms with E-state index in [1.165, 1.54) is 0 Å². The Balaban J connectivity index is 2.50. The fourth-order valence-corrected chi connectivity index (χ4v) is 4.19.